The number of fused-ring (bicyclic) bond motifs is 1. The molecule has 0 bridgehead atoms. The van der Waals surface area contributed by atoms with Crippen LogP contribution in [-0.4, -0.2) is 22.2 Å². The summed E-state index contributed by atoms with van der Waals surface area (Å²) in [5, 5.41) is 20.2. The van der Waals surface area contributed by atoms with Gasteiger partial charge in [0.25, 0.3) is 0 Å². The van der Waals surface area contributed by atoms with Crippen molar-refractivity contribution < 1.29 is 19.8 Å². The minimum atomic E-state index is -1.80. The number of aliphatic carboxylic acids is 2. The summed E-state index contributed by atoms with van der Waals surface area (Å²) in [5.74, 6) is -2.45. The van der Waals surface area contributed by atoms with Crippen LogP contribution in [0.25, 0.3) is 5.57 Å². The summed E-state index contributed by atoms with van der Waals surface area (Å²) in [6.07, 6.45) is 2.09. The lowest BCUT2D eigenvalue weighted by molar-refractivity contribution is -0.141. The highest BCUT2D eigenvalue weighted by molar-refractivity contribution is 6.34. The SMILES string of the molecule is O=C(O)/C=C/C1=c2c(Cl)cc(Cl)cc2=NC1(C(=O)O)c1ccccc1. The Morgan fingerprint density at radius 3 is 2.36 bits per heavy atom. The van der Waals surface area contributed by atoms with Crippen molar-refractivity contribution in [3.05, 3.63) is 80.8 Å². The maximum Gasteiger partial charge on any atom is 0.341 e. The molecule has 25 heavy (non-hydrogen) atoms. The number of carbonyl (C=O) groups is 2. The van der Waals surface area contributed by atoms with E-state index in [0.717, 1.165) is 6.08 Å². The molecule has 3 rings (SSSR count). The molecule has 2 aromatic rings. The molecule has 0 radical (unpaired) electrons. The molecule has 1 aliphatic heterocycles. The van der Waals surface area contributed by atoms with E-state index in [1.165, 1.54) is 18.2 Å². The van der Waals surface area contributed by atoms with Gasteiger partial charge in [0.1, 0.15) is 0 Å². The quantitative estimate of drug-likeness (QED) is 0.803. The molecule has 126 valence electrons. The van der Waals surface area contributed by atoms with Gasteiger partial charge >= 0.3 is 11.9 Å². The van der Waals surface area contributed by atoms with E-state index in [1.807, 2.05) is 0 Å². The summed E-state index contributed by atoms with van der Waals surface area (Å²) < 4.78 is 0. The van der Waals surface area contributed by atoms with Crippen molar-refractivity contribution >= 4 is 40.7 Å². The van der Waals surface area contributed by atoms with Crippen LogP contribution in [0.15, 0.2) is 59.6 Å². The number of nitrogens with zero attached hydrogens (tertiary/aromatic N) is 1. The maximum absolute atomic E-state index is 12.3. The monoisotopic (exact) mass is 375 g/mol. The first-order valence-corrected chi connectivity index (χ1v) is 7.91. The van der Waals surface area contributed by atoms with Gasteiger partial charge in [0, 0.05) is 21.9 Å². The lowest BCUT2D eigenvalue weighted by atomic mass is 9.83. The van der Waals surface area contributed by atoms with Crippen molar-refractivity contribution in [3.8, 4) is 0 Å². The summed E-state index contributed by atoms with van der Waals surface area (Å²) in [7, 11) is 0. The zero-order valence-corrected chi connectivity index (χ0v) is 14.1. The van der Waals surface area contributed by atoms with Gasteiger partial charge in [-0.25, -0.2) is 9.59 Å². The van der Waals surface area contributed by atoms with Gasteiger partial charge in [-0.05, 0) is 23.8 Å². The standard InChI is InChI=1S/C18H11Cl2NO4/c19-11-8-13(20)16-12(6-7-15(22)23)18(17(24)25,21-14(16)9-11)10-4-2-1-3-5-10/h1-9H,(H,22,23)(H,24,25)/b7-6+. The van der Waals surface area contributed by atoms with Crippen LogP contribution in [0, 0.1) is 0 Å². The number of hydrogen-bond donors (Lipinski definition) is 2. The van der Waals surface area contributed by atoms with Crippen LogP contribution < -0.4 is 10.6 Å². The molecule has 2 aromatic carbocycles. The highest BCUT2D eigenvalue weighted by atomic mass is 35.5. The van der Waals surface area contributed by atoms with E-state index >= 15 is 0 Å². The fourth-order valence-electron chi connectivity index (χ4n) is 2.88. The van der Waals surface area contributed by atoms with Gasteiger partial charge < -0.3 is 10.2 Å². The van der Waals surface area contributed by atoms with E-state index in [9.17, 15) is 14.7 Å². The van der Waals surface area contributed by atoms with E-state index in [-0.39, 0.29) is 10.6 Å². The number of carboxylic acids is 2. The lowest BCUT2D eigenvalue weighted by Crippen LogP contribution is -2.34. The first-order valence-electron chi connectivity index (χ1n) is 7.16. The van der Waals surface area contributed by atoms with E-state index in [4.69, 9.17) is 28.3 Å². The average Bonchev–Trinajstić information content (AvgIpc) is 2.89. The van der Waals surface area contributed by atoms with Crippen molar-refractivity contribution in [2.24, 2.45) is 4.99 Å². The molecule has 0 saturated heterocycles. The molecular weight excluding hydrogens is 365 g/mol. The predicted molar refractivity (Wildman–Crippen MR) is 93.2 cm³/mol. The molecular formula is C18H11Cl2NO4. The molecule has 5 nitrogen and oxygen atoms in total. The molecule has 0 amide bonds. The number of rotatable bonds is 4. The van der Waals surface area contributed by atoms with E-state index < -0.39 is 17.5 Å². The Morgan fingerprint density at radius 1 is 1.08 bits per heavy atom. The summed E-state index contributed by atoms with van der Waals surface area (Å²) in [4.78, 5) is 27.6. The molecule has 1 heterocycles. The van der Waals surface area contributed by atoms with Crippen LogP contribution in [0.5, 0.6) is 0 Å². The van der Waals surface area contributed by atoms with Crippen molar-refractivity contribution in [2.45, 2.75) is 5.54 Å². The predicted octanol–water partition coefficient (Wildman–Crippen LogP) is 2.40. The van der Waals surface area contributed by atoms with E-state index in [0.29, 0.717) is 21.2 Å². The van der Waals surface area contributed by atoms with Crippen LogP contribution in [0.3, 0.4) is 0 Å². The molecule has 0 saturated carbocycles. The Balaban J connectivity index is 2.47. The summed E-state index contributed by atoms with van der Waals surface area (Å²) in [5.41, 5.74) is -1.25. The Labute approximate surface area is 152 Å². The largest absolute Gasteiger partial charge is 0.479 e. The van der Waals surface area contributed by atoms with Crippen LogP contribution in [0.1, 0.15) is 5.56 Å². The molecule has 0 aliphatic carbocycles. The Hall–Kier alpha value is -2.63. The van der Waals surface area contributed by atoms with Gasteiger partial charge in [0.2, 0.25) is 5.54 Å². The van der Waals surface area contributed by atoms with Gasteiger partial charge in [0.15, 0.2) is 0 Å². The Morgan fingerprint density at radius 2 is 1.76 bits per heavy atom. The maximum atomic E-state index is 12.3. The fraction of sp³-hybridized carbons (Fsp3) is 0.0556. The van der Waals surface area contributed by atoms with E-state index in [2.05, 4.69) is 4.99 Å². The first-order chi connectivity index (χ1) is 11.9. The third-order valence-electron chi connectivity index (χ3n) is 3.88. The van der Waals surface area contributed by atoms with E-state index in [1.54, 1.807) is 30.3 Å². The molecule has 7 heteroatoms. The van der Waals surface area contributed by atoms with Gasteiger partial charge in [-0.3, -0.25) is 4.99 Å². The average molecular weight is 376 g/mol. The molecule has 1 atom stereocenters. The normalized spacial score (nSPS) is 18.9. The molecule has 0 fully saturated rings. The lowest BCUT2D eigenvalue weighted by Gasteiger charge is -2.24. The highest BCUT2D eigenvalue weighted by Crippen LogP contribution is 2.37. The minimum Gasteiger partial charge on any atom is -0.479 e. The highest BCUT2D eigenvalue weighted by Gasteiger charge is 2.46. The minimum absolute atomic E-state index is 0.172. The van der Waals surface area contributed by atoms with Crippen LogP contribution in [0.4, 0.5) is 0 Å². The second-order valence-electron chi connectivity index (χ2n) is 5.36. The number of halogens is 2. The van der Waals surface area contributed by atoms with Crippen molar-refractivity contribution in [1.29, 1.82) is 0 Å². The van der Waals surface area contributed by atoms with Crippen LogP contribution >= 0.6 is 23.2 Å². The van der Waals surface area contributed by atoms with Gasteiger partial charge in [-0.15, -0.1) is 0 Å². The summed E-state index contributed by atoms with van der Waals surface area (Å²) >= 11 is 12.3. The topological polar surface area (TPSA) is 87.0 Å². The first kappa shape index (κ1) is 17.2. The number of benzene rings is 2. The van der Waals surface area contributed by atoms with Gasteiger partial charge in [-0.2, -0.15) is 0 Å². The Bertz CT molecular complexity index is 1030. The molecule has 0 spiro atoms. The molecule has 2 N–H and O–H groups in total. The Kier molecular flexibility index (Phi) is 4.37. The van der Waals surface area contributed by atoms with Crippen LogP contribution in [0.2, 0.25) is 10.0 Å². The zero-order valence-electron chi connectivity index (χ0n) is 12.6. The summed E-state index contributed by atoms with van der Waals surface area (Å²) in [6, 6.07) is 11.3. The molecule has 0 aromatic heterocycles. The third-order valence-corrected chi connectivity index (χ3v) is 4.39. The second kappa shape index (κ2) is 6.35. The third kappa shape index (κ3) is 2.81. The smallest absolute Gasteiger partial charge is 0.341 e. The van der Waals surface area contributed by atoms with Crippen molar-refractivity contribution in [1.82, 2.24) is 0 Å². The molecule has 1 unspecified atom stereocenters. The number of hydrogen-bond acceptors (Lipinski definition) is 3. The fourth-order valence-corrected chi connectivity index (χ4v) is 3.47. The molecule has 1 aliphatic rings. The van der Waals surface area contributed by atoms with Gasteiger partial charge in [0.05, 0.1) is 10.4 Å². The summed E-state index contributed by atoms with van der Waals surface area (Å²) in [6.45, 7) is 0. The van der Waals surface area contributed by atoms with Crippen molar-refractivity contribution in [2.75, 3.05) is 0 Å². The van der Waals surface area contributed by atoms with Crippen LogP contribution in [-0.2, 0) is 15.1 Å². The number of carboxylic acid groups (broad SMARTS) is 2. The van der Waals surface area contributed by atoms with Gasteiger partial charge in [-0.1, -0.05) is 53.5 Å². The zero-order chi connectivity index (χ0) is 18.2. The van der Waals surface area contributed by atoms with Crippen molar-refractivity contribution in [3.63, 3.8) is 0 Å². The second-order valence-corrected chi connectivity index (χ2v) is 6.20.